The predicted octanol–water partition coefficient (Wildman–Crippen LogP) is 2.90. The fourth-order valence-corrected chi connectivity index (χ4v) is 2.82. The number of hydrogen-bond acceptors (Lipinski definition) is 3. The smallest absolute Gasteiger partial charge is 0.0568 e. The lowest BCUT2D eigenvalue weighted by Gasteiger charge is -2.08. The van der Waals surface area contributed by atoms with Crippen LogP contribution in [0.15, 0.2) is 30.6 Å². The summed E-state index contributed by atoms with van der Waals surface area (Å²) in [4.78, 5) is 0. The first-order valence-electron chi connectivity index (χ1n) is 6.90. The van der Waals surface area contributed by atoms with Crippen molar-refractivity contribution < 1.29 is 0 Å². The molecule has 0 bridgehead atoms. The molecule has 19 heavy (non-hydrogen) atoms. The molecule has 100 valence electrons. The normalized spacial score (nSPS) is 16.0. The number of rotatable bonds is 3. The van der Waals surface area contributed by atoms with E-state index in [2.05, 4.69) is 16.0 Å². The Balaban J connectivity index is 1.78. The number of hydrogen-bond donors (Lipinski definition) is 2. The van der Waals surface area contributed by atoms with Gasteiger partial charge in [-0.25, -0.2) is 0 Å². The molecular weight excluding hydrogens is 236 g/mol. The first-order chi connectivity index (χ1) is 9.22. The van der Waals surface area contributed by atoms with Crippen LogP contribution in [0.4, 0.5) is 11.4 Å². The summed E-state index contributed by atoms with van der Waals surface area (Å²) < 4.78 is 2.05. The lowest BCUT2D eigenvalue weighted by atomic mass is 10.1. The van der Waals surface area contributed by atoms with Gasteiger partial charge in [-0.15, -0.1) is 0 Å². The lowest BCUT2D eigenvalue weighted by Crippen LogP contribution is -2.07. The SMILES string of the molecule is Nc1ccc(-c2cnn(CC3CCCC3)c2)cc1N. The fraction of sp³-hybridized carbons (Fsp3) is 0.400. The third kappa shape index (κ3) is 2.57. The van der Waals surface area contributed by atoms with E-state index in [-0.39, 0.29) is 0 Å². The molecule has 0 amide bonds. The number of nitrogen functional groups attached to an aromatic ring is 2. The summed E-state index contributed by atoms with van der Waals surface area (Å²) in [5.41, 5.74) is 15.0. The van der Waals surface area contributed by atoms with Crippen molar-refractivity contribution in [3.8, 4) is 11.1 Å². The van der Waals surface area contributed by atoms with Crippen molar-refractivity contribution in [1.82, 2.24) is 9.78 Å². The summed E-state index contributed by atoms with van der Waals surface area (Å²) in [6.45, 7) is 1.03. The fourth-order valence-electron chi connectivity index (χ4n) is 2.82. The van der Waals surface area contributed by atoms with Crippen LogP contribution in [0.3, 0.4) is 0 Å². The van der Waals surface area contributed by atoms with Crippen molar-refractivity contribution in [1.29, 1.82) is 0 Å². The van der Waals surface area contributed by atoms with Gasteiger partial charge in [0, 0.05) is 18.3 Å². The Morgan fingerprint density at radius 1 is 1.11 bits per heavy atom. The summed E-state index contributed by atoms with van der Waals surface area (Å²) in [5, 5.41) is 4.45. The zero-order valence-electron chi connectivity index (χ0n) is 11.0. The van der Waals surface area contributed by atoms with Crippen LogP contribution in [0.5, 0.6) is 0 Å². The molecule has 0 spiro atoms. The van der Waals surface area contributed by atoms with E-state index in [4.69, 9.17) is 11.5 Å². The van der Waals surface area contributed by atoms with Crippen molar-refractivity contribution in [2.75, 3.05) is 11.5 Å². The molecule has 0 radical (unpaired) electrons. The van der Waals surface area contributed by atoms with Gasteiger partial charge in [-0.3, -0.25) is 4.68 Å². The summed E-state index contributed by atoms with van der Waals surface area (Å²) in [6, 6.07) is 5.74. The Kier molecular flexibility index (Phi) is 3.15. The van der Waals surface area contributed by atoms with Gasteiger partial charge in [-0.1, -0.05) is 18.9 Å². The number of nitrogens with zero attached hydrogens (tertiary/aromatic N) is 2. The highest BCUT2D eigenvalue weighted by molar-refractivity contribution is 5.73. The van der Waals surface area contributed by atoms with E-state index in [9.17, 15) is 0 Å². The first-order valence-corrected chi connectivity index (χ1v) is 6.90. The molecular formula is C15H20N4. The molecule has 4 heteroatoms. The van der Waals surface area contributed by atoms with Gasteiger partial charge in [0.2, 0.25) is 0 Å². The highest BCUT2D eigenvalue weighted by atomic mass is 15.3. The summed E-state index contributed by atoms with van der Waals surface area (Å²) in [5.74, 6) is 0.796. The average Bonchev–Trinajstić information content (AvgIpc) is 3.05. The molecule has 4 N–H and O–H groups in total. The molecule has 0 aliphatic heterocycles. The quantitative estimate of drug-likeness (QED) is 0.829. The molecule has 3 rings (SSSR count). The minimum Gasteiger partial charge on any atom is -0.397 e. The maximum Gasteiger partial charge on any atom is 0.0568 e. The van der Waals surface area contributed by atoms with E-state index in [1.54, 1.807) is 0 Å². The molecule has 1 fully saturated rings. The van der Waals surface area contributed by atoms with Gasteiger partial charge >= 0.3 is 0 Å². The highest BCUT2D eigenvalue weighted by Gasteiger charge is 2.16. The van der Waals surface area contributed by atoms with Gasteiger partial charge in [-0.05, 0) is 36.5 Å². The molecule has 0 saturated heterocycles. The number of benzene rings is 1. The Morgan fingerprint density at radius 3 is 2.63 bits per heavy atom. The van der Waals surface area contributed by atoms with E-state index in [0.29, 0.717) is 11.4 Å². The van der Waals surface area contributed by atoms with Crippen LogP contribution in [-0.2, 0) is 6.54 Å². The molecule has 1 aromatic carbocycles. The van der Waals surface area contributed by atoms with Gasteiger partial charge in [0.25, 0.3) is 0 Å². The van der Waals surface area contributed by atoms with Gasteiger partial charge in [0.1, 0.15) is 0 Å². The highest BCUT2D eigenvalue weighted by Crippen LogP contribution is 2.28. The topological polar surface area (TPSA) is 69.9 Å². The van der Waals surface area contributed by atoms with E-state index in [0.717, 1.165) is 23.6 Å². The summed E-state index contributed by atoms with van der Waals surface area (Å²) in [6.07, 6.45) is 9.41. The maximum absolute atomic E-state index is 5.84. The molecule has 2 aromatic rings. The average molecular weight is 256 g/mol. The van der Waals surface area contributed by atoms with Crippen molar-refractivity contribution in [2.24, 2.45) is 5.92 Å². The zero-order chi connectivity index (χ0) is 13.2. The van der Waals surface area contributed by atoms with E-state index in [1.807, 2.05) is 24.4 Å². The third-order valence-electron chi connectivity index (χ3n) is 3.97. The lowest BCUT2D eigenvalue weighted by molar-refractivity contribution is 0.429. The number of anilines is 2. The molecule has 4 nitrogen and oxygen atoms in total. The second-order valence-corrected chi connectivity index (χ2v) is 5.45. The molecule has 0 unspecified atom stereocenters. The Bertz CT molecular complexity index is 567. The minimum absolute atomic E-state index is 0.626. The third-order valence-corrected chi connectivity index (χ3v) is 3.97. The van der Waals surface area contributed by atoms with Crippen molar-refractivity contribution in [2.45, 2.75) is 32.2 Å². The molecule has 1 aliphatic carbocycles. The number of aromatic nitrogens is 2. The van der Waals surface area contributed by atoms with Crippen LogP contribution in [0.2, 0.25) is 0 Å². The molecule has 1 heterocycles. The summed E-state index contributed by atoms with van der Waals surface area (Å²) >= 11 is 0. The van der Waals surface area contributed by atoms with Crippen LogP contribution in [0.1, 0.15) is 25.7 Å². The van der Waals surface area contributed by atoms with E-state index >= 15 is 0 Å². The molecule has 1 aromatic heterocycles. The maximum atomic E-state index is 5.84. The van der Waals surface area contributed by atoms with E-state index < -0.39 is 0 Å². The largest absolute Gasteiger partial charge is 0.397 e. The molecule has 1 saturated carbocycles. The van der Waals surface area contributed by atoms with Crippen LogP contribution in [0, 0.1) is 5.92 Å². The first kappa shape index (κ1) is 12.1. The Labute approximate surface area is 113 Å². The Hall–Kier alpha value is -1.97. The van der Waals surface area contributed by atoms with Crippen LogP contribution in [0.25, 0.3) is 11.1 Å². The van der Waals surface area contributed by atoms with E-state index in [1.165, 1.54) is 25.7 Å². The molecule has 1 aliphatic rings. The zero-order valence-corrected chi connectivity index (χ0v) is 11.0. The monoisotopic (exact) mass is 256 g/mol. The van der Waals surface area contributed by atoms with Crippen molar-refractivity contribution >= 4 is 11.4 Å². The predicted molar refractivity (Wildman–Crippen MR) is 78.4 cm³/mol. The second kappa shape index (κ2) is 4.96. The summed E-state index contributed by atoms with van der Waals surface area (Å²) in [7, 11) is 0. The van der Waals surface area contributed by atoms with Crippen molar-refractivity contribution in [3.63, 3.8) is 0 Å². The van der Waals surface area contributed by atoms with Crippen molar-refractivity contribution in [3.05, 3.63) is 30.6 Å². The van der Waals surface area contributed by atoms with Crippen LogP contribution >= 0.6 is 0 Å². The second-order valence-electron chi connectivity index (χ2n) is 5.45. The van der Waals surface area contributed by atoms with Gasteiger partial charge in [0.05, 0.1) is 17.6 Å². The van der Waals surface area contributed by atoms with Gasteiger partial charge in [0.15, 0.2) is 0 Å². The van der Waals surface area contributed by atoms with Crippen LogP contribution in [-0.4, -0.2) is 9.78 Å². The van der Waals surface area contributed by atoms with Gasteiger partial charge < -0.3 is 11.5 Å². The minimum atomic E-state index is 0.626. The Morgan fingerprint density at radius 2 is 1.89 bits per heavy atom. The van der Waals surface area contributed by atoms with Gasteiger partial charge in [-0.2, -0.15) is 5.10 Å². The number of nitrogens with two attached hydrogens (primary N) is 2. The van der Waals surface area contributed by atoms with Crippen LogP contribution < -0.4 is 11.5 Å². The molecule has 0 atom stereocenters. The standard InChI is InChI=1S/C15H20N4/c16-14-6-5-12(7-15(14)17)13-8-18-19(10-13)9-11-3-1-2-4-11/h5-8,10-11H,1-4,9,16-17H2.